The third-order valence-electron chi connectivity index (χ3n) is 2.43. The molecule has 23 heavy (non-hydrogen) atoms. The molecule has 128 valence electrons. The van der Waals surface area contributed by atoms with Crippen molar-refractivity contribution >= 4 is 21.6 Å². The van der Waals surface area contributed by atoms with Gasteiger partial charge in [0.1, 0.15) is 5.56 Å². The van der Waals surface area contributed by atoms with Gasteiger partial charge in [-0.15, -0.1) is 3.89 Å². The molecule has 0 aromatic heterocycles. The van der Waals surface area contributed by atoms with Crippen molar-refractivity contribution in [3.05, 3.63) is 37.9 Å². The minimum absolute atomic E-state index is 0.567. The van der Waals surface area contributed by atoms with Crippen LogP contribution < -0.4 is 0 Å². The third-order valence-corrected chi connectivity index (χ3v) is 3.28. The maximum absolute atomic E-state index is 13.3. The first-order valence-corrected chi connectivity index (χ1v) is 6.35. The summed E-state index contributed by atoms with van der Waals surface area (Å²) in [6.07, 6.45) is -6.37. The van der Waals surface area contributed by atoms with Gasteiger partial charge in [-0.2, -0.15) is 30.4 Å². The number of hydrogen-bond donors (Lipinski definition) is 0. The van der Waals surface area contributed by atoms with Crippen molar-refractivity contribution in [2.45, 2.75) is 17.0 Å². The second kappa shape index (κ2) is 5.32. The van der Waals surface area contributed by atoms with Gasteiger partial charge >= 0.3 is 22.3 Å². The van der Waals surface area contributed by atoms with Gasteiger partial charge in [0.2, 0.25) is 0 Å². The zero-order chi connectivity index (χ0) is 18.4. The molecule has 0 N–H and O–H groups in total. The summed E-state index contributed by atoms with van der Waals surface area (Å²) in [6, 6.07) is -1.26. The van der Waals surface area contributed by atoms with Crippen LogP contribution >= 0.6 is 0 Å². The van der Waals surface area contributed by atoms with Crippen LogP contribution in [0.1, 0.15) is 5.56 Å². The van der Waals surface area contributed by atoms with Gasteiger partial charge in [-0.25, -0.2) is 0 Å². The molecule has 1 aromatic carbocycles. The fourth-order valence-electron chi connectivity index (χ4n) is 1.45. The van der Waals surface area contributed by atoms with Gasteiger partial charge in [0, 0.05) is 12.1 Å². The first kappa shape index (κ1) is 18.6. The Balaban J connectivity index is 3.97. The SMILES string of the molecule is O=[N+]([O-])c1cc(S(=O)(=O)F)c([N+](=O)[O-])cc1C(F)(F)C(F)(F)F. The van der Waals surface area contributed by atoms with Crippen LogP contribution in [0, 0.1) is 20.2 Å². The quantitative estimate of drug-likeness (QED) is 0.349. The van der Waals surface area contributed by atoms with Gasteiger partial charge in [-0.3, -0.25) is 20.2 Å². The molecule has 0 aliphatic carbocycles. The van der Waals surface area contributed by atoms with Crippen LogP contribution in [0.3, 0.4) is 0 Å². The summed E-state index contributed by atoms with van der Waals surface area (Å²) in [5.74, 6) is -5.92. The Morgan fingerprint density at radius 3 is 1.65 bits per heavy atom. The van der Waals surface area contributed by atoms with E-state index >= 15 is 0 Å². The summed E-state index contributed by atoms with van der Waals surface area (Å²) < 4.78 is 97.7. The fourth-order valence-corrected chi connectivity index (χ4v) is 2.09. The van der Waals surface area contributed by atoms with Gasteiger partial charge in [0.05, 0.1) is 9.85 Å². The summed E-state index contributed by atoms with van der Waals surface area (Å²) in [4.78, 5) is 15.5. The largest absolute Gasteiger partial charge is 0.458 e. The summed E-state index contributed by atoms with van der Waals surface area (Å²) >= 11 is 0. The molecule has 1 rings (SSSR count). The van der Waals surface area contributed by atoms with Crippen LogP contribution in [0.4, 0.5) is 37.2 Å². The molecule has 0 atom stereocenters. The molecule has 0 aliphatic rings. The van der Waals surface area contributed by atoms with Crippen molar-refractivity contribution in [2.75, 3.05) is 0 Å². The smallest absolute Gasteiger partial charge is 0.258 e. The Morgan fingerprint density at radius 2 is 1.35 bits per heavy atom. The Kier molecular flexibility index (Phi) is 4.30. The summed E-state index contributed by atoms with van der Waals surface area (Å²) in [5, 5.41) is 21.1. The second-order valence-electron chi connectivity index (χ2n) is 3.86. The number of nitro groups is 2. The molecule has 0 saturated heterocycles. The number of hydrogen-bond acceptors (Lipinski definition) is 6. The van der Waals surface area contributed by atoms with E-state index in [1.807, 2.05) is 0 Å². The highest BCUT2D eigenvalue weighted by Crippen LogP contribution is 2.49. The lowest BCUT2D eigenvalue weighted by Gasteiger charge is -2.19. The van der Waals surface area contributed by atoms with Crippen LogP contribution in [-0.4, -0.2) is 24.4 Å². The van der Waals surface area contributed by atoms with Gasteiger partial charge in [-0.1, -0.05) is 0 Å². The molecule has 1 aromatic rings. The minimum atomic E-state index is -6.37. The molecule has 0 aliphatic heterocycles. The number of nitro benzene ring substituents is 2. The molecular formula is C8H2F6N2O6S. The Labute approximate surface area is 121 Å². The zero-order valence-corrected chi connectivity index (χ0v) is 11.0. The monoisotopic (exact) mass is 368 g/mol. The standard InChI is InChI=1S/C8H2F6N2O6S/c9-7(10,8(11,12)13)3-1-5(16(19)20)6(23(14,21)22)2-4(3)15(17)18/h1-2H. The minimum Gasteiger partial charge on any atom is -0.258 e. The predicted octanol–water partition coefficient (Wildman–Crippen LogP) is 2.82. The third kappa shape index (κ3) is 3.33. The van der Waals surface area contributed by atoms with E-state index in [0.29, 0.717) is 0 Å². The van der Waals surface area contributed by atoms with E-state index in [1.54, 1.807) is 0 Å². The van der Waals surface area contributed by atoms with Crippen molar-refractivity contribution in [3.8, 4) is 0 Å². The fraction of sp³-hybridized carbons (Fsp3) is 0.250. The maximum atomic E-state index is 13.3. The molecule has 0 unspecified atom stereocenters. The molecule has 0 bridgehead atoms. The van der Waals surface area contributed by atoms with Crippen LogP contribution in [0.15, 0.2) is 17.0 Å². The van der Waals surface area contributed by atoms with Crippen molar-refractivity contribution in [2.24, 2.45) is 0 Å². The van der Waals surface area contributed by atoms with E-state index in [9.17, 15) is 54.5 Å². The molecule has 0 radical (unpaired) electrons. The molecule has 0 heterocycles. The van der Waals surface area contributed by atoms with E-state index in [-0.39, 0.29) is 0 Å². The molecule has 0 amide bonds. The zero-order valence-electron chi connectivity index (χ0n) is 10.2. The number of benzene rings is 1. The Morgan fingerprint density at radius 1 is 0.913 bits per heavy atom. The van der Waals surface area contributed by atoms with E-state index in [2.05, 4.69) is 0 Å². The lowest BCUT2D eigenvalue weighted by atomic mass is 10.0. The summed E-state index contributed by atoms with van der Waals surface area (Å²) in [6.45, 7) is 0. The number of alkyl halides is 5. The molecule has 0 spiro atoms. The lowest BCUT2D eigenvalue weighted by Crippen LogP contribution is -2.34. The number of rotatable bonds is 4. The lowest BCUT2D eigenvalue weighted by molar-refractivity contribution is -0.395. The number of nitrogens with zero attached hydrogens (tertiary/aromatic N) is 2. The van der Waals surface area contributed by atoms with Gasteiger partial charge in [0.25, 0.3) is 11.4 Å². The van der Waals surface area contributed by atoms with Crippen molar-refractivity contribution in [1.29, 1.82) is 0 Å². The summed E-state index contributed by atoms with van der Waals surface area (Å²) in [5.41, 5.74) is -6.64. The molecule has 0 saturated carbocycles. The topological polar surface area (TPSA) is 120 Å². The van der Waals surface area contributed by atoms with Gasteiger partial charge < -0.3 is 0 Å². The summed E-state index contributed by atoms with van der Waals surface area (Å²) in [7, 11) is -6.00. The average Bonchev–Trinajstić information content (AvgIpc) is 2.34. The highest BCUT2D eigenvalue weighted by Gasteiger charge is 2.62. The van der Waals surface area contributed by atoms with Crippen LogP contribution in [0.5, 0.6) is 0 Å². The first-order chi connectivity index (χ1) is 10.1. The second-order valence-corrected chi connectivity index (χ2v) is 5.18. The Hall–Kier alpha value is -2.45. The van der Waals surface area contributed by atoms with E-state index in [1.165, 1.54) is 0 Å². The van der Waals surface area contributed by atoms with Crippen molar-refractivity contribution in [1.82, 2.24) is 0 Å². The molecule has 0 fully saturated rings. The molecular weight excluding hydrogens is 366 g/mol. The van der Waals surface area contributed by atoms with Crippen LogP contribution in [-0.2, 0) is 16.1 Å². The van der Waals surface area contributed by atoms with Crippen molar-refractivity contribution < 1.29 is 44.1 Å². The average molecular weight is 368 g/mol. The Bertz CT molecular complexity index is 789. The van der Waals surface area contributed by atoms with Gasteiger partial charge in [0.15, 0.2) is 4.90 Å². The molecule has 8 nitrogen and oxygen atoms in total. The van der Waals surface area contributed by atoms with Crippen LogP contribution in [0.25, 0.3) is 0 Å². The van der Waals surface area contributed by atoms with E-state index < -0.39 is 66.1 Å². The van der Waals surface area contributed by atoms with E-state index in [0.717, 1.165) is 0 Å². The van der Waals surface area contributed by atoms with Gasteiger partial charge in [-0.05, 0) is 0 Å². The molecule has 15 heteroatoms. The first-order valence-electron chi connectivity index (χ1n) is 4.97. The predicted molar refractivity (Wildman–Crippen MR) is 58.0 cm³/mol. The maximum Gasteiger partial charge on any atom is 0.458 e. The van der Waals surface area contributed by atoms with E-state index in [4.69, 9.17) is 0 Å². The normalized spacial score (nSPS) is 13.0. The highest BCUT2D eigenvalue weighted by molar-refractivity contribution is 7.86. The van der Waals surface area contributed by atoms with Crippen LogP contribution in [0.2, 0.25) is 0 Å². The van der Waals surface area contributed by atoms with Crippen molar-refractivity contribution in [3.63, 3.8) is 0 Å². The number of halogens is 6. The highest BCUT2D eigenvalue weighted by atomic mass is 32.3.